The topological polar surface area (TPSA) is 46.2 Å². The summed E-state index contributed by atoms with van der Waals surface area (Å²) in [6.07, 6.45) is 35.0. The Hall–Kier alpha value is -2.07. The summed E-state index contributed by atoms with van der Waals surface area (Å²) in [7, 11) is 0. The van der Waals surface area contributed by atoms with Crippen LogP contribution in [0, 0.1) is 0 Å². The van der Waals surface area contributed by atoms with E-state index in [1.165, 1.54) is 0 Å². The minimum absolute atomic E-state index is 0.136. The lowest BCUT2D eigenvalue weighted by molar-refractivity contribution is -0.119. The molecule has 4 heteroatoms. The van der Waals surface area contributed by atoms with Gasteiger partial charge >= 0.3 is 0 Å². The van der Waals surface area contributed by atoms with Crippen molar-refractivity contribution in [3.8, 4) is 0 Å². The first-order valence-electron chi connectivity index (χ1n) is 10.7. The SMILES string of the molecule is CCC=CCC=CCC=CCC=CCC=CCC=CCCCC1SC(=O)NC1=O. The van der Waals surface area contributed by atoms with Crippen molar-refractivity contribution in [2.24, 2.45) is 0 Å². The number of nitrogens with one attached hydrogen (secondary N) is 1. The Labute approximate surface area is 180 Å². The van der Waals surface area contributed by atoms with Gasteiger partial charge in [0.2, 0.25) is 5.91 Å². The van der Waals surface area contributed by atoms with Gasteiger partial charge in [-0.1, -0.05) is 91.6 Å². The Balaban J connectivity index is 1.94. The summed E-state index contributed by atoms with van der Waals surface area (Å²) in [6.45, 7) is 2.15. The number of hydrogen-bond acceptors (Lipinski definition) is 3. The van der Waals surface area contributed by atoms with E-state index in [-0.39, 0.29) is 16.4 Å². The van der Waals surface area contributed by atoms with Crippen LogP contribution in [0.15, 0.2) is 72.9 Å². The van der Waals surface area contributed by atoms with Gasteiger partial charge in [-0.2, -0.15) is 0 Å². The van der Waals surface area contributed by atoms with E-state index in [9.17, 15) is 9.59 Å². The van der Waals surface area contributed by atoms with Crippen LogP contribution in [-0.4, -0.2) is 16.4 Å². The molecule has 0 bridgehead atoms. The zero-order chi connectivity index (χ0) is 21.0. The molecule has 0 aliphatic carbocycles. The summed E-state index contributed by atoms with van der Waals surface area (Å²) in [5.41, 5.74) is 0. The lowest BCUT2D eigenvalue weighted by Gasteiger charge is -2.01. The molecular weight excluding hydrogens is 378 g/mol. The van der Waals surface area contributed by atoms with Gasteiger partial charge in [0.05, 0.1) is 5.25 Å². The Morgan fingerprint density at radius 3 is 1.59 bits per heavy atom. The molecule has 0 saturated carbocycles. The predicted molar refractivity (Wildman–Crippen MR) is 127 cm³/mol. The molecule has 29 heavy (non-hydrogen) atoms. The van der Waals surface area contributed by atoms with Crippen molar-refractivity contribution < 1.29 is 9.59 Å². The van der Waals surface area contributed by atoms with E-state index in [4.69, 9.17) is 0 Å². The second-order valence-electron chi connectivity index (χ2n) is 6.73. The highest BCUT2D eigenvalue weighted by atomic mass is 32.2. The van der Waals surface area contributed by atoms with E-state index in [2.05, 4.69) is 85.2 Å². The summed E-state index contributed by atoms with van der Waals surface area (Å²) in [6, 6.07) is 0. The van der Waals surface area contributed by atoms with Gasteiger partial charge in [-0.05, 0) is 57.8 Å². The first-order valence-corrected chi connectivity index (χ1v) is 11.5. The van der Waals surface area contributed by atoms with Crippen LogP contribution in [0.5, 0.6) is 0 Å². The van der Waals surface area contributed by atoms with Gasteiger partial charge < -0.3 is 0 Å². The number of imide groups is 1. The van der Waals surface area contributed by atoms with Crippen molar-refractivity contribution in [2.75, 3.05) is 0 Å². The second-order valence-corrected chi connectivity index (χ2v) is 7.90. The molecule has 158 valence electrons. The van der Waals surface area contributed by atoms with Crippen LogP contribution in [0.3, 0.4) is 0 Å². The number of rotatable bonds is 15. The van der Waals surface area contributed by atoms with Crippen LogP contribution >= 0.6 is 11.8 Å². The van der Waals surface area contributed by atoms with Gasteiger partial charge in [-0.15, -0.1) is 0 Å². The van der Waals surface area contributed by atoms with Crippen LogP contribution in [0.2, 0.25) is 0 Å². The standard InChI is InChI=1S/C25H35NO2S/c1-2-3-4-5-6-7-8-9-10-11-12-13-14-15-16-17-18-19-20-21-22-23-24(27)26-25(28)29-23/h3-4,6-7,9-10,12-13,15-16,18-19,23H,2,5,8,11,14,17,20-22H2,1H3,(H,26,27,28). The molecule has 2 amide bonds. The first-order chi connectivity index (χ1) is 14.2. The van der Waals surface area contributed by atoms with Crippen molar-refractivity contribution in [1.29, 1.82) is 0 Å². The molecule has 0 aromatic rings. The minimum atomic E-state index is -0.214. The normalized spacial score (nSPS) is 18.2. The lowest BCUT2D eigenvalue weighted by Crippen LogP contribution is -2.23. The van der Waals surface area contributed by atoms with Crippen LogP contribution in [-0.2, 0) is 4.79 Å². The summed E-state index contributed by atoms with van der Waals surface area (Å²) < 4.78 is 0. The predicted octanol–water partition coefficient (Wildman–Crippen LogP) is 7.21. The molecule has 1 atom stereocenters. The highest BCUT2D eigenvalue weighted by molar-refractivity contribution is 8.15. The van der Waals surface area contributed by atoms with E-state index in [1.54, 1.807) is 0 Å². The average molecular weight is 414 g/mol. The molecule has 1 heterocycles. The maximum atomic E-state index is 11.4. The molecule has 1 saturated heterocycles. The van der Waals surface area contributed by atoms with Gasteiger partial charge in [-0.25, -0.2) is 0 Å². The first kappa shape index (κ1) is 25.0. The highest BCUT2D eigenvalue weighted by Gasteiger charge is 2.30. The van der Waals surface area contributed by atoms with E-state index >= 15 is 0 Å². The molecule has 0 aromatic heterocycles. The van der Waals surface area contributed by atoms with E-state index < -0.39 is 0 Å². The molecule has 0 radical (unpaired) electrons. The van der Waals surface area contributed by atoms with Crippen LogP contribution in [0.1, 0.15) is 64.7 Å². The molecule has 0 spiro atoms. The van der Waals surface area contributed by atoms with Gasteiger partial charge in [-0.3, -0.25) is 14.9 Å². The molecule has 1 aliphatic rings. The summed E-state index contributed by atoms with van der Waals surface area (Å²) in [4.78, 5) is 22.5. The van der Waals surface area contributed by atoms with Gasteiger partial charge in [0, 0.05) is 0 Å². The Morgan fingerprint density at radius 1 is 0.724 bits per heavy atom. The maximum absolute atomic E-state index is 11.4. The molecule has 1 rings (SSSR count). The third kappa shape index (κ3) is 14.6. The number of allylic oxidation sites excluding steroid dienone is 12. The Kier molecular flexibility index (Phi) is 15.5. The van der Waals surface area contributed by atoms with Crippen molar-refractivity contribution in [3.63, 3.8) is 0 Å². The number of thioether (sulfide) groups is 1. The molecule has 1 N–H and O–H groups in total. The largest absolute Gasteiger partial charge is 0.286 e. The van der Waals surface area contributed by atoms with Crippen molar-refractivity contribution in [1.82, 2.24) is 5.32 Å². The summed E-state index contributed by atoms with van der Waals surface area (Å²) in [5.74, 6) is -0.136. The summed E-state index contributed by atoms with van der Waals surface area (Å²) in [5, 5.41) is 1.92. The smallest absolute Gasteiger partial charge is 0.286 e. The third-order valence-corrected chi connectivity index (χ3v) is 5.25. The average Bonchev–Trinajstić information content (AvgIpc) is 3.03. The van der Waals surface area contributed by atoms with E-state index in [1.807, 2.05) is 0 Å². The van der Waals surface area contributed by atoms with Gasteiger partial charge in [0.25, 0.3) is 5.24 Å². The Bertz CT molecular complexity index is 641. The number of hydrogen-bond donors (Lipinski definition) is 1. The fourth-order valence-corrected chi connectivity index (χ4v) is 3.51. The number of unbranched alkanes of at least 4 members (excludes halogenated alkanes) is 1. The molecule has 1 unspecified atom stereocenters. The van der Waals surface area contributed by atoms with E-state index in [0.29, 0.717) is 0 Å². The number of carbonyl (C=O) groups is 2. The molecule has 1 aliphatic heterocycles. The van der Waals surface area contributed by atoms with Crippen LogP contribution in [0.4, 0.5) is 4.79 Å². The fourth-order valence-electron chi connectivity index (χ4n) is 2.64. The second kappa shape index (κ2) is 18.0. The zero-order valence-corrected chi connectivity index (χ0v) is 18.4. The highest BCUT2D eigenvalue weighted by Crippen LogP contribution is 2.23. The zero-order valence-electron chi connectivity index (χ0n) is 17.6. The number of amides is 2. The molecule has 3 nitrogen and oxygen atoms in total. The number of carbonyl (C=O) groups excluding carboxylic acids is 2. The van der Waals surface area contributed by atoms with Gasteiger partial charge in [0.1, 0.15) is 0 Å². The Morgan fingerprint density at radius 2 is 1.17 bits per heavy atom. The van der Waals surface area contributed by atoms with Gasteiger partial charge in [0.15, 0.2) is 0 Å². The molecule has 0 aromatic carbocycles. The maximum Gasteiger partial charge on any atom is 0.286 e. The monoisotopic (exact) mass is 413 g/mol. The quantitative estimate of drug-likeness (QED) is 0.228. The van der Waals surface area contributed by atoms with E-state index in [0.717, 1.165) is 69.5 Å². The van der Waals surface area contributed by atoms with Crippen LogP contribution in [0.25, 0.3) is 0 Å². The van der Waals surface area contributed by atoms with Crippen molar-refractivity contribution in [2.45, 2.75) is 70.0 Å². The fraction of sp³-hybridized carbons (Fsp3) is 0.440. The molecule has 1 fully saturated rings. The van der Waals surface area contributed by atoms with Crippen molar-refractivity contribution >= 4 is 22.9 Å². The lowest BCUT2D eigenvalue weighted by atomic mass is 10.1. The third-order valence-electron chi connectivity index (χ3n) is 4.20. The summed E-state index contributed by atoms with van der Waals surface area (Å²) >= 11 is 1.11. The van der Waals surface area contributed by atoms with Crippen LogP contribution < -0.4 is 5.32 Å². The van der Waals surface area contributed by atoms with Crippen molar-refractivity contribution in [3.05, 3.63) is 72.9 Å². The minimum Gasteiger partial charge on any atom is -0.286 e. The molecular formula is C25H35NO2S.